The van der Waals surface area contributed by atoms with Gasteiger partial charge in [0.1, 0.15) is 0 Å². The Labute approximate surface area is 119 Å². The first-order valence-corrected chi connectivity index (χ1v) is 7.17. The zero-order valence-electron chi connectivity index (χ0n) is 12.9. The normalized spacial score (nSPS) is 24.1. The van der Waals surface area contributed by atoms with Gasteiger partial charge in [-0.25, -0.2) is 0 Å². The van der Waals surface area contributed by atoms with E-state index < -0.39 is 5.54 Å². The van der Waals surface area contributed by atoms with Crippen molar-refractivity contribution in [3.8, 4) is 0 Å². The van der Waals surface area contributed by atoms with Gasteiger partial charge in [-0.1, -0.05) is 5.16 Å². The van der Waals surface area contributed by atoms with E-state index in [4.69, 9.17) is 4.52 Å². The average Bonchev–Trinajstić information content (AvgIpc) is 2.90. The third-order valence-electron chi connectivity index (χ3n) is 3.97. The second-order valence-electron chi connectivity index (χ2n) is 6.27. The molecule has 1 saturated heterocycles. The summed E-state index contributed by atoms with van der Waals surface area (Å²) < 4.78 is 5.34. The van der Waals surface area contributed by atoms with Crippen LogP contribution in [0.25, 0.3) is 0 Å². The molecule has 20 heavy (non-hydrogen) atoms. The third kappa shape index (κ3) is 3.17. The fourth-order valence-electron chi connectivity index (χ4n) is 2.79. The molecule has 1 aliphatic rings. The number of hydrogen-bond donors (Lipinski definition) is 1. The number of aromatic nitrogens is 2. The molecule has 1 aliphatic heterocycles. The number of amides is 1. The van der Waals surface area contributed by atoms with Gasteiger partial charge in [-0.2, -0.15) is 4.98 Å². The second-order valence-corrected chi connectivity index (χ2v) is 6.27. The van der Waals surface area contributed by atoms with Crippen LogP contribution in [0.1, 0.15) is 59.2 Å². The Hall–Kier alpha value is -1.43. The largest absolute Gasteiger partial charge is 0.344 e. The van der Waals surface area contributed by atoms with E-state index in [2.05, 4.69) is 34.2 Å². The maximum atomic E-state index is 11.2. The Balaban J connectivity index is 2.07. The van der Waals surface area contributed by atoms with E-state index in [1.54, 1.807) is 0 Å². The highest BCUT2D eigenvalue weighted by atomic mass is 16.5. The molecule has 1 amide bonds. The van der Waals surface area contributed by atoms with Gasteiger partial charge in [-0.05, 0) is 40.5 Å². The first-order chi connectivity index (χ1) is 9.29. The molecule has 0 aliphatic carbocycles. The number of nitrogens with zero attached hydrogens (tertiary/aromatic N) is 3. The van der Waals surface area contributed by atoms with Crippen LogP contribution in [-0.2, 0) is 16.9 Å². The minimum atomic E-state index is -0.615. The summed E-state index contributed by atoms with van der Waals surface area (Å²) in [6.07, 6.45) is 2.42. The van der Waals surface area contributed by atoms with Crippen molar-refractivity contribution in [2.75, 3.05) is 0 Å². The summed E-state index contributed by atoms with van der Waals surface area (Å²) in [6.45, 7) is 10.3. The predicted molar refractivity (Wildman–Crippen MR) is 74.8 cm³/mol. The predicted octanol–water partition coefficient (Wildman–Crippen LogP) is 1.81. The SMILES string of the molecule is CC(=O)NC(C)(C)c1noc(CN2C(C)CCC2C)n1. The molecular weight excluding hydrogens is 256 g/mol. The molecule has 1 aromatic heterocycles. The summed E-state index contributed by atoms with van der Waals surface area (Å²) in [4.78, 5) is 18.0. The van der Waals surface area contributed by atoms with Gasteiger partial charge in [0, 0.05) is 19.0 Å². The molecule has 0 saturated carbocycles. The second kappa shape index (κ2) is 5.52. The quantitative estimate of drug-likeness (QED) is 0.910. The summed E-state index contributed by atoms with van der Waals surface area (Å²) in [7, 11) is 0. The van der Waals surface area contributed by atoms with E-state index in [-0.39, 0.29) is 5.91 Å². The molecule has 0 bridgehead atoms. The maximum Gasteiger partial charge on any atom is 0.240 e. The highest BCUT2D eigenvalue weighted by molar-refractivity contribution is 5.73. The van der Waals surface area contributed by atoms with Crippen molar-refractivity contribution in [3.05, 3.63) is 11.7 Å². The van der Waals surface area contributed by atoms with E-state index in [9.17, 15) is 4.79 Å². The lowest BCUT2D eigenvalue weighted by atomic mass is 10.1. The molecule has 2 atom stereocenters. The Bertz CT molecular complexity index is 473. The van der Waals surface area contributed by atoms with E-state index in [0.29, 0.717) is 30.3 Å². The number of carbonyl (C=O) groups is 1. The van der Waals surface area contributed by atoms with Crippen molar-refractivity contribution in [1.29, 1.82) is 0 Å². The standard InChI is InChI=1S/C14H24N4O2/c1-9-6-7-10(2)18(9)8-12-15-13(17-20-12)14(4,5)16-11(3)19/h9-10H,6-8H2,1-5H3,(H,16,19). The van der Waals surface area contributed by atoms with Crippen molar-refractivity contribution in [2.24, 2.45) is 0 Å². The summed E-state index contributed by atoms with van der Waals surface area (Å²) in [5, 5.41) is 6.83. The van der Waals surface area contributed by atoms with Crippen LogP contribution in [-0.4, -0.2) is 33.0 Å². The Kier molecular flexibility index (Phi) is 4.13. The molecule has 2 heterocycles. The van der Waals surface area contributed by atoms with Gasteiger partial charge in [0.25, 0.3) is 0 Å². The van der Waals surface area contributed by atoms with Crippen molar-refractivity contribution in [3.63, 3.8) is 0 Å². The van der Waals surface area contributed by atoms with Crippen LogP contribution in [0.15, 0.2) is 4.52 Å². The smallest absolute Gasteiger partial charge is 0.240 e. The van der Waals surface area contributed by atoms with Crippen LogP contribution in [0.4, 0.5) is 0 Å². The molecule has 1 N–H and O–H groups in total. The van der Waals surface area contributed by atoms with Gasteiger partial charge in [-0.3, -0.25) is 9.69 Å². The average molecular weight is 280 g/mol. The molecule has 6 nitrogen and oxygen atoms in total. The third-order valence-corrected chi connectivity index (χ3v) is 3.97. The van der Waals surface area contributed by atoms with E-state index >= 15 is 0 Å². The Morgan fingerprint density at radius 2 is 2.00 bits per heavy atom. The van der Waals surface area contributed by atoms with Gasteiger partial charge in [0.05, 0.1) is 12.1 Å². The number of likely N-dealkylation sites (tertiary alicyclic amines) is 1. The number of carbonyl (C=O) groups excluding carboxylic acids is 1. The molecule has 0 aromatic carbocycles. The summed E-state index contributed by atoms with van der Waals surface area (Å²) in [5.74, 6) is 1.02. The van der Waals surface area contributed by atoms with Gasteiger partial charge < -0.3 is 9.84 Å². The van der Waals surface area contributed by atoms with Crippen molar-refractivity contribution >= 4 is 5.91 Å². The van der Waals surface area contributed by atoms with Crippen LogP contribution in [0.5, 0.6) is 0 Å². The molecule has 6 heteroatoms. The van der Waals surface area contributed by atoms with Crippen LogP contribution >= 0.6 is 0 Å². The summed E-state index contributed by atoms with van der Waals surface area (Å²) in [6, 6.07) is 1.09. The first-order valence-electron chi connectivity index (χ1n) is 7.17. The molecule has 0 spiro atoms. The molecule has 2 rings (SSSR count). The summed E-state index contributed by atoms with van der Waals surface area (Å²) in [5.41, 5.74) is -0.615. The van der Waals surface area contributed by atoms with Crippen molar-refractivity contribution < 1.29 is 9.32 Å². The fourth-order valence-corrected chi connectivity index (χ4v) is 2.79. The molecule has 2 unspecified atom stereocenters. The van der Waals surface area contributed by atoms with E-state index in [1.165, 1.54) is 19.8 Å². The topological polar surface area (TPSA) is 71.3 Å². The highest BCUT2D eigenvalue weighted by Gasteiger charge is 2.31. The van der Waals surface area contributed by atoms with Crippen LogP contribution in [0.3, 0.4) is 0 Å². The maximum absolute atomic E-state index is 11.2. The molecule has 1 aromatic rings. The van der Waals surface area contributed by atoms with Crippen LogP contribution < -0.4 is 5.32 Å². The zero-order chi connectivity index (χ0) is 14.9. The lowest BCUT2D eigenvalue weighted by Gasteiger charge is -2.23. The summed E-state index contributed by atoms with van der Waals surface area (Å²) >= 11 is 0. The number of nitrogens with one attached hydrogen (secondary N) is 1. The van der Waals surface area contributed by atoms with Gasteiger partial charge >= 0.3 is 0 Å². The molecule has 1 fully saturated rings. The molecule has 0 radical (unpaired) electrons. The molecular formula is C14H24N4O2. The minimum Gasteiger partial charge on any atom is -0.344 e. The Morgan fingerprint density at radius 3 is 2.55 bits per heavy atom. The lowest BCUT2D eigenvalue weighted by Crippen LogP contribution is -2.40. The van der Waals surface area contributed by atoms with E-state index in [0.717, 1.165) is 0 Å². The monoisotopic (exact) mass is 280 g/mol. The lowest BCUT2D eigenvalue weighted by molar-refractivity contribution is -0.120. The fraction of sp³-hybridized carbons (Fsp3) is 0.786. The van der Waals surface area contributed by atoms with Gasteiger partial charge in [0.2, 0.25) is 11.8 Å². The van der Waals surface area contributed by atoms with Gasteiger partial charge in [-0.15, -0.1) is 0 Å². The Morgan fingerprint density at radius 1 is 1.40 bits per heavy atom. The van der Waals surface area contributed by atoms with Crippen molar-refractivity contribution in [1.82, 2.24) is 20.4 Å². The first kappa shape index (κ1) is 15.0. The van der Waals surface area contributed by atoms with Crippen molar-refractivity contribution in [2.45, 2.75) is 71.6 Å². The zero-order valence-corrected chi connectivity index (χ0v) is 12.9. The van der Waals surface area contributed by atoms with Gasteiger partial charge in [0.15, 0.2) is 5.82 Å². The number of rotatable bonds is 4. The minimum absolute atomic E-state index is 0.108. The van der Waals surface area contributed by atoms with Crippen LogP contribution in [0.2, 0.25) is 0 Å². The molecule has 112 valence electrons. The number of hydrogen-bond acceptors (Lipinski definition) is 5. The van der Waals surface area contributed by atoms with E-state index in [1.807, 2.05) is 13.8 Å². The highest BCUT2D eigenvalue weighted by Crippen LogP contribution is 2.25. The van der Waals surface area contributed by atoms with Crippen LogP contribution in [0, 0.1) is 0 Å².